The highest BCUT2D eigenvalue weighted by atomic mass is 16.1. The van der Waals surface area contributed by atoms with Crippen molar-refractivity contribution < 1.29 is 4.79 Å². The summed E-state index contributed by atoms with van der Waals surface area (Å²) in [6, 6.07) is 7.79. The first kappa shape index (κ1) is 8.94. The summed E-state index contributed by atoms with van der Waals surface area (Å²) in [5, 5.41) is 0. The number of carbonyl (C=O) groups excluding carboxylic acids is 1. The van der Waals surface area contributed by atoms with Gasteiger partial charge in [0.1, 0.15) is 5.54 Å². The highest BCUT2D eigenvalue weighted by molar-refractivity contribution is 6.00. The lowest BCUT2D eigenvalue weighted by molar-refractivity contribution is -0.109. The SMILES string of the molecule is CN1c2ccccc2N=CC1(C)C=O. The molecule has 0 saturated carbocycles. The third kappa shape index (κ3) is 1.13. The van der Waals surface area contributed by atoms with Crippen molar-refractivity contribution in [1.82, 2.24) is 0 Å². The average molecular weight is 188 g/mol. The predicted octanol–water partition coefficient (Wildman–Crippen LogP) is 1.80. The molecule has 0 N–H and O–H groups in total. The van der Waals surface area contributed by atoms with Gasteiger partial charge >= 0.3 is 0 Å². The molecule has 14 heavy (non-hydrogen) atoms. The lowest BCUT2D eigenvalue weighted by Gasteiger charge is -2.36. The first-order valence-electron chi connectivity index (χ1n) is 4.52. The Labute approximate surface area is 83.1 Å². The van der Waals surface area contributed by atoms with Gasteiger partial charge in [-0.15, -0.1) is 0 Å². The van der Waals surface area contributed by atoms with Crippen LogP contribution in [0.1, 0.15) is 6.92 Å². The number of likely N-dealkylation sites (N-methyl/N-ethyl adjacent to an activating group) is 1. The van der Waals surface area contributed by atoms with E-state index in [0.717, 1.165) is 17.7 Å². The maximum Gasteiger partial charge on any atom is 0.150 e. The zero-order chi connectivity index (χ0) is 10.2. The van der Waals surface area contributed by atoms with Crippen LogP contribution >= 0.6 is 0 Å². The van der Waals surface area contributed by atoms with Crippen LogP contribution in [0.3, 0.4) is 0 Å². The van der Waals surface area contributed by atoms with Crippen molar-refractivity contribution in [1.29, 1.82) is 0 Å². The van der Waals surface area contributed by atoms with E-state index in [1.54, 1.807) is 6.21 Å². The summed E-state index contributed by atoms with van der Waals surface area (Å²) in [6.45, 7) is 1.85. The standard InChI is InChI=1S/C11H12N2O/c1-11(8-14)7-12-9-5-3-4-6-10(9)13(11)2/h3-8H,1-2H3. The molecule has 0 amide bonds. The summed E-state index contributed by atoms with van der Waals surface area (Å²) in [7, 11) is 1.90. The number of aliphatic imine (C=N–C) groups is 1. The molecule has 3 heteroatoms. The van der Waals surface area contributed by atoms with E-state index in [-0.39, 0.29) is 0 Å². The fourth-order valence-electron chi connectivity index (χ4n) is 1.51. The minimum absolute atomic E-state index is 0.617. The van der Waals surface area contributed by atoms with E-state index in [1.807, 2.05) is 43.1 Å². The summed E-state index contributed by atoms with van der Waals surface area (Å²) in [5.74, 6) is 0. The van der Waals surface area contributed by atoms with Crippen LogP contribution in [0.2, 0.25) is 0 Å². The normalized spacial score (nSPS) is 24.6. The Balaban J connectivity index is 2.55. The van der Waals surface area contributed by atoms with Crippen LogP contribution in [0, 0.1) is 0 Å². The smallest absolute Gasteiger partial charge is 0.150 e. The van der Waals surface area contributed by atoms with Crippen LogP contribution in [0.5, 0.6) is 0 Å². The molecule has 3 nitrogen and oxygen atoms in total. The van der Waals surface area contributed by atoms with Gasteiger partial charge in [-0.2, -0.15) is 0 Å². The second-order valence-corrected chi connectivity index (χ2v) is 3.65. The zero-order valence-corrected chi connectivity index (χ0v) is 8.27. The number of rotatable bonds is 1. The van der Waals surface area contributed by atoms with Crippen molar-refractivity contribution in [2.45, 2.75) is 12.5 Å². The number of aldehydes is 1. The molecule has 0 saturated heterocycles. The van der Waals surface area contributed by atoms with E-state index in [1.165, 1.54) is 0 Å². The summed E-state index contributed by atoms with van der Waals surface area (Å²) in [6.07, 6.45) is 2.59. The van der Waals surface area contributed by atoms with E-state index in [2.05, 4.69) is 4.99 Å². The number of hydrogen-bond donors (Lipinski definition) is 0. The van der Waals surface area contributed by atoms with Crippen molar-refractivity contribution in [3.63, 3.8) is 0 Å². The van der Waals surface area contributed by atoms with Gasteiger partial charge < -0.3 is 9.69 Å². The Morgan fingerprint density at radius 2 is 2.14 bits per heavy atom. The van der Waals surface area contributed by atoms with Gasteiger partial charge in [-0.1, -0.05) is 12.1 Å². The molecule has 1 aliphatic heterocycles. The van der Waals surface area contributed by atoms with Gasteiger partial charge in [0.05, 0.1) is 11.4 Å². The minimum atomic E-state index is -0.617. The predicted molar refractivity (Wildman–Crippen MR) is 57.5 cm³/mol. The molecule has 1 atom stereocenters. The lowest BCUT2D eigenvalue weighted by Crippen LogP contribution is -2.48. The zero-order valence-electron chi connectivity index (χ0n) is 8.27. The van der Waals surface area contributed by atoms with Gasteiger partial charge in [-0.3, -0.25) is 4.99 Å². The highest BCUT2D eigenvalue weighted by Gasteiger charge is 2.31. The largest absolute Gasteiger partial charge is 0.356 e. The van der Waals surface area contributed by atoms with E-state index in [0.29, 0.717) is 0 Å². The van der Waals surface area contributed by atoms with Crippen molar-refractivity contribution in [2.75, 3.05) is 11.9 Å². The van der Waals surface area contributed by atoms with Crippen molar-refractivity contribution >= 4 is 23.9 Å². The van der Waals surface area contributed by atoms with E-state index >= 15 is 0 Å². The highest BCUT2D eigenvalue weighted by Crippen LogP contribution is 2.34. The first-order valence-corrected chi connectivity index (χ1v) is 4.52. The van der Waals surface area contributed by atoms with Crippen LogP contribution in [0.15, 0.2) is 29.3 Å². The number of carbonyl (C=O) groups is 1. The average Bonchev–Trinajstić information content (AvgIpc) is 2.24. The number of para-hydroxylation sites is 2. The molecule has 0 aliphatic carbocycles. The van der Waals surface area contributed by atoms with Gasteiger partial charge in [0.2, 0.25) is 0 Å². The van der Waals surface area contributed by atoms with Gasteiger partial charge in [0.25, 0.3) is 0 Å². The molecule has 1 aliphatic rings. The summed E-state index contributed by atoms with van der Waals surface area (Å²) >= 11 is 0. The molecular formula is C11H12N2O. The molecule has 2 rings (SSSR count). The molecule has 0 aromatic heterocycles. The fraction of sp³-hybridized carbons (Fsp3) is 0.273. The number of anilines is 1. The topological polar surface area (TPSA) is 32.7 Å². The molecule has 0 spiro atoms. The summed E-state index contributed by atoms with van der Waals surface area (Å²) < 4.78 is 0. The Hall–Kier alpha value is -1.64. The van der Waals surface area contributed by atoms with Crippen LogP contribution in [0.4, 0.5) is 11.4 Å². The van der Waals surface area contributed by atoms with E-state index in [9.17, 15) is 4.79 Å². The fourth-order valence-corrected chi connectivity index (χ4v) is 1.51. The number of benzene rings is 1. The Kier molecular flexibility index (Phi) is 1.88. The summed E-state index contributed by atoms with van der Waals surface area (Å²) in [4.78, 5) is 17.2. The number of fused-ring (bicyclic) bond motifs is 1. The van der Waals surface area contributed by atoms with Gasteiger partial charge in [0, 0.05) is 13.3 Å². The van der Waals surface area contributed by atoms with Crippen molar-refractivity contribution in [3.8, 4) is 0 Å². The Bertz CT molecular complexity index is 400. The molecule has 1 unspecified atom stereocenters. The second-order valence-electron chi connectivity index (χ2n) is 3.65. The van der Waals surface area contributed by atoms with Gasteiger partial charge in [0.15, 0.2) is 6.29 Å². The van der Waals surface area contributed by atoms with E-state index in [4.69, 9.17) is 0 Å². The van der Waals surface area contributed by atoms with Crippen LogP contribution in [0.25, 0.3) is 0 Å². The van der Waals surface area contributed by atoms with Crippen LogP contribution < -0.4 is 4.90 Å². The first-order chi connectivity index (χ1) is 6.67. The van der Waals surface area contributed by atoms with E-state index < -0.39 is 5.54 Å². The van der Waals surface area contributed by atoms with Gasteiger partial charge in [-0.25, -0.2) is 0 Å². The van der Waals surface area contributed by atoms with Gasteiger partial charge in [-0.05, 0) is 19.1 Å². The van der Waals surface area contributed by atoms with Crippen LogP contribution in [-0.2, 0) is 4.79 Å². The molecule has 1 heterocycles. The van der Waals surface area contributed by atoms with Crippen molar-refractivity contribution in [3.05, 3.63) is 24.3 Å². The van der Waals surface area contributed by atoms with Crippen molar-refractivity contribution in [2.24, 2.45) is 4.99 Å². The third-order valence-corrected chi connectivity index (χ3v) is 2.67. The molecule has 0 fully saturated rings. The minimum Gasteiger partial charge on any atom is -0.356 e. The molecule has 0 radical (unpaired) electrons. The monoisotopic (exact) mass is 188 g/mol. The van der Waals surface area contributed by atoms with Crippen LogP contribution in [-0.4, -0.2) is 25.1 Å². The number of nitrogens with zero attached hydrogens (tertiary/aromatic N) is 2. The molecular weight excluding hydrogens is 176 g/mol. The quantitative estimate of drug-likeness (QED) is 0.629. The Morgan fingerprint density at radius 3 is 2.86 bits per heavy atom. The number of hydrogen-bond acceptors (Lipinski definition) is 3. The molecule has 0 bridgehead atoms. The molecule has 1 aromatic rings. The lowest BCUT2D eigenvalue weighted by atomic mass is 10.0. The Morgan fingerprint density at radius 1 is 1.43 bits per heavy atom. The summed E-state index contributed by atoms with van der Waals surface area (Å²) in [5.41, 5.74) is 1.29. The molecule has 72 valence electrons. The maximum atomic E-state index is 11.0. The maximum absolute atomic E-state index is 11.0. The molecule has 1 aromatic carbocycles. The second kappa shape index (κ2) is 2.94. The third-order valence-electron chi connectivity index (χ3n) is 2.67.